The lowest BCUT2D eigenvalue weighted by molar-refractivity contribution is -0.129. The number of hydrazine groups is 1. The third-order valence-corrected chi connectivity index (χ3v) is 5.86. The van der Waals surface area contributed by atoms with Gasteiger partial charge >= 0.3 is 0 Å². The van der Waals surface area contributed by atoms with Crippen LogP contribution < -0.4 is 10.9 Å². The molecule has 0 saturated carbocycles. The molecule has 1 aliphatic rings. The van der Waals surface area contributed by atoms with Crippen molar-refractivity contribution in [3.05, 3.63) is 62.1 Å². The first kappa shape index (κ1) is 19.6. The SMILES string of the molecule is O=C(CN1C(=O)/C(=C\c2cccs2)SC1=S)NNC(=O)c1ccc(Cl)cc1. The highest BCUT2D eigenvalue weighted by atomic mass is 35.5. The topological polar surface area (TPSA) is 78.5 Å². The molecule has 3 amide bonds. The van der Waals surface area contributed by atoms with Crippen LogP contribution >= 0.6 is 46.9 Å². The van der Waals surface area contributed by atoms with Crippen LogP contribution in [0.3, 0.4) is 0 Å². The third-order valence-electron chi connectivity index (χ3n) is 3.41. The van der Waals surface area contributed by atoms with Gasteiger partial charge in [0.05, 0.1) is 4.91 Å². The largest absolute Gasteiger partial charge is 0.283 e. The molecule has 1 aromatic carbocycles. The first-order chi connectivity index (χ1) is 12.9. The van der Waals surface area contributed by atoms with Gasteiger partial charge in [-0.05, 0) is 41.8 Å². The van der Waals surface area contributed by atoms with E-state index in [-0.39, 0.29) is 12.5 Å². The van der Waals surface area contributed by atoms with Gasteiger partial charge in [0.25, 0.3) is 17.7 Å². The van der Waals surface area contributed by atoms with Gasteiger partial charge in [-0.2, -0.15) is 0 Å². The Kier molecular flexibility index (Phi) is 6.27. The van der Waals surface area contributed by atoms with E-state index in [1.165, 1.54) is 28.4 Å². The lowest BCUT2D eigenvalue weighted by atomic mass is 10.2. The Labute approximate surface area is 173 Å². The van der Waals surface area contributed by atoms with Gasteiger partial charge in [0.2, 0.25) is 0 Å². The molecule has 1 saturated heterocycles. The average molecular weight is 438 g/mol. The Morgan fingerprint density at radius 2 is 1.93 bits per heavy atom. The zero-order valence-electron chi connectivity index (χ0n) is 13.6. The zero-order valence-corrected chi connectivity index (χ0v) is 16.8. The van der Waals surface area contributed by atoms with E-state index in [9.17, 15) is 14.4 Å². The summed E-state index contributed by atoms with van der Waals surface area (Å²) in [6.07, 6.45) is 1.74. The normalized spacial score (nSPS) is 15.3. The molecule has 27 heavy (non-hydrogen) atoms. The highest BCUT2D eigenvalue weighted by Crippen LogP contribution is 2.32. The quantitative estimate of drug-likeness (QED) is 0.436. The number of thioether (sulfide) groups is 1. The molecule has 6 nitrogen and oxygen atoms in total. The summed E-state index contributed by atoms with van der Waals surface area (Å²) in [7, 11) is 0. The molecule has 0 unspecified atom stereocenters. The van der Waals surface area contributed by atoms with Gasteiger partial charge in [-0.15, -0.1) is 11.3 Å². The van der Waals surface area contributed by atoms with E-state index < -0.39 is 11.8 Å². The van der Waals surface area contributed by atoms with Crippen LogP contribution in [0.1, 0.15) is 15.2 Å². The van der Waals surface area contributed by atoms with E-state index >= 15 is 0 Å². The number of rotatable bonds is 4. The van der Waals surface area contributed by atoms with E-state index in [1.54, 1.807) is 18.2 Å². The molecule has 2 aromatic rings. The highest BCUT2D eigenvalue weighted by Gasteiger charge is 2.33. The van der Waals surface area contributed by atoms with Crippen molar-refractivity contribution in [2.45, 2.75) is 0 Å². The highest BCUT2D eigenvalue weighted by molar-refractivity contribution is 8.26. The number of nitrogens with zero attached hydrogens (tertiary/aromatic N) is 1. The number of amides is 3. The Hall–Kier alpha value is -2.20. The van der Waals surface area contributed by atoms with E-state index in [0.717, 1.165) is 16.6 Å². The maximum absolute atomic E-state index is 12.4. The fourth-order valence-electron chi connectivity index (χ4n) is 2.12. The van der Waals surface area contributed by atoms with E-state index in [2.05, 4.69) is 10.9 Å². The van der Waals surface area contributed by atoms with Crippen molar-refractivity contribution in [1.29, 1.82) is 0 Å². The summed E-state index contributed by atoms with van der Waals surface area (Å²) in [4.78, 5) is 39.1. The molecule has 1 aliphatic heterocycles. The number of halogens is 1. The lowest BCUT2D eigenvalue weighted by Crippen LogP contribution is -2.47. The second-order valence-corrected chi connectivity index (χ2v) is 8.38. The van der Waals surface area contributed by atoms with Crippen molar-refractivity contribution in [1.82, 2.24) is 15.8 Å². The Bertz CT molecular complexity index is 927. The van der Waals surface area contributed by atoms with Crippen molar-refractivity contribution >= 4 is 75.0 Å². The van der Waals surface area contributed by atoms with Crippen LogP contribution in [-0.4, -0.2) is 33.5 Å². The monoisotopic (exact) mass is 437 g/mol. The number of thiophene rings is 1. The first-order valence-corrected chi connectivity index (χ1v) is 10.1. The van der Waals surface area contributed by atoms with Crippen molar-refractivity contribution < 1.29 is 14.4 Å². The number of nitrogens with one attached hydrogen (secondary N) is 2. The van der Waals surface area contributed by atoms with E-state index in [1.807, 2.05) is 17.5 Å². The number of hydrogen-bond donors (Lipinski definition) is 2. The maximum Gasteiger partial charge on any atom is 0.269 e. The van der Waals surface area contributed by atoms with Crippen LogP contribution in [0.2, 0.25) is 5.02 Å². The summed E-state index contributed by atoms with van der Waals surface area (Å²) in [6.45, 7) is -0.284. The average Bonchev–Trinajstić information content (AvgIpc) is 3.24. The molecule has 0 atom stereocenters. The first-order valence-electron chi connectivity index (χ1n) is 7.57. The molecular formula is C17H12ClN3O3S3. The van der Waals surface area contributed by atoms with Gasteiger partial charge in [-0.3, -0.25) is 30.1 Å². The minimum Gasteiger partial charge on any atom is -0.283 e. The molecule has 2 N–H and O–H groups in total. The van der Waals surface area contributed by atoms with Crippen LogP contribution in [0.4, 0.5) is 0 Å². The molecular weight excluding hydrogens is 426 g/mol. The standard InChI is InChI=1S/C17H12ClN3O3S3/c18-11-5-3-10(4-6-11)15(23)20-19-14(22)9-21-16(24)13(27-17(21)25)8-12-2-1-7-26-12/h1-8H,9H2,(H,19,22)(H,20,23)/b13-8+. The Morgan fingerprint density at radius 3 is 2.59 bits per heavy atom. The van der Waals surface area contributed by atoms with Crippen molar-refractivity contribution in [2.24, 2.45) is 0 Å². The molecule has 2 heterocycles. The maximum atomic E-state index is 12.4. The van der Waals surface area contributed by atoms with Gasteiger partial charge < -0.3 is 0 Å². The molecule has 138 valence electrons. The number of thiocarbonyl (C=S) groups is 1. The summed E-state index contributed by atoms with van der Waals surface area (Å²) < 4.78 is 0.294. The van der Waals surface area contributed by atoms with Gasteiger partial charge in [-0.1, -0.05) is 41.6 Å². The molecule has 10 heteroatoms. The number of carbonyl (C=O) groups excluding carboxylic acids is 3. The smallest absolute Gasteiger partial charge is 0.269 e. The predicted molar refractivity (Wildman–Crippen MR) is 111 cm³/mol. The summed E-state index contributed by atoms with van der Waals surface area (Å²) in [5.41, 5.74) is 4.90. The molecule has 0 aliphatic carbocycles. The summed E-state index contributed by atoms with van der Waals surface area (Å²) in [5.74, 6) is -1.40. The van der Waals surface area contributed by atoms with Gasteiger partial charge in [0.15, 0.2) is 0 Å². The van der Waals surface area contributed by atoms with Crippen LogP contribution in [0, 0.1) is 0 Å². The summed E-state index contributed by atoms with van der Waals surface area (Å²) in [6, 6.07) is 9.96. The van der Waals surface area contributed by atoms with E-state index in [4.69, 9.17) is 23.8 Å². The predicted octanol–water partition coefficient (Wildman–Crippen LogP) is 3.06. The molecule has 1 aromatic heterocycles. The molecule has 3 rings (SSSR count). The van der Waals surface area contributed by atoms with Gasteiger partial charge in [0.1, 0.15) is 10.9 Å². The van der Waals surface area contributed by atoms with Crippen molar-refractivity contribution in [2.75, 3.05) is 6.54 Å². The number of hydrogen-bond acceptors (Lipinski definition) is 6. The van der Waals surface area contributed by atoms with Gasteiger partial charge in [-0.25, -0.2) is 0 Å². The Balaban J connectivity index is 1.56. The summed E-state index contributed by atoms with van der Waals surface area (Å²) >= 11 is 13.6. The fourth-order valence-corrected chi connectivity index (χ4v) is 4.23. The van der Waals surface area contributed by atoms with Crippen LogP contribution in [0.15, 0.2) is 46.7 Å². The second-order valence-electron chi connectivity index (χ2n) is 5.29. The number of carbonyl (C=O) groups is 3. The second kappa shape index (κ2) is 8.66. The molecule has 0 bridgehead atoms. The van der Waals surface area contributed by atoms with Crippen LogP contribution in [-0.2, 0) is 9.59 Å². The zero-order chi connectivity index (χ0) is 19.4. The van der Waals surface area contributed by atoms with Crippen LogP contribution in [0.25, 0.3) is 6.08 Å². The number of benzene rings is 1. The van der Waals surface area contributed by atoms with Gasteiger partial charge in [0, 0.05) is 15.5 Å². The third kappa shape index (κ3) is 4.95. The Morgan fingerprint density at radius 1 is 1.19 bits per heavy atom. The molecule has 1 fully saturated rings. The fraction of sp³-hybridized carbons (Fsp3) is 0.0588. The minimum atomic E-state index is -0.564. The molecule has 0 spiro atoms. The molecule has 0 radical (unpaired) electrons. The minimum absolute atomic E-state index is 0.284. The van der Waals surface area contributed by atoms with Crippen molar-refractivity contribution in [3.8, 4) is 0 Å². The van der Waals surface area contributed by atoms with Crippen molar-refractivity contribution in [3.63, 3.8) is 0 Å². The summed E-state index contributed by atoms with van der Waals surface area (Å²) in [5, 5.41) is 2.41. The van der Waals surface area contributed by atoms with Crippen LogP contribution in [0.5, 0.6) is 0 Å². The lowest BCUT2D eigenvalue weighted by Gasteiger charge is -2.14. The van der Waals surface area contributed by atoms with E-state index in [0.29, 0.717) is 19.8 Å².